The van der Waals surface area contributed by atoms with Crippen molar-refractivity contribution in [3.63, 3.8) is 0 Å². The van der Waals surface area contributed by atoms with Crippen molar-refractivity contribution in [2.45, 2.75) is 25.7 Å². The average Bonchev–Trinajstić information content (AvgIpc) is 2.84. The van der Waals surface area contributed by atoms with E-state index in [-0.39, 0.29) is 5.56 Å². The molecule has 0 radical (unpaired) electrons. The minimum atomic E-state index is -0.115. The maximum absolute atomic E-state index is 12.5. The zero-order valence-electron chi connectivity index (χ0n) is 18.4. The highest BCUT2D eigenvalue weighted by molar-refractivity contribution is 6.31. The van der Waals surface area contributed by atoms with Gasteiger partial charge in [-0.3, -0.25) is 19.3 Å². The van der Waals surface area contributed by atoms with Crippen LogP contribution in [0.25, 0.3) is 22.2 Å². The highest BCUT2D eigenvalue weighted by Gasteiger charge is 2.18. The van der Waals surface area contributed by atoms with Crippen LogP contribution in [-0.4, -0.2) is 32.6 Å². The number of nitrogens with one attached hydrogen (secondary N) is 2. The van der Waals surface area contributed by atoms with Crippen LogP contribution in [0.4, 0.5) is 11.6 Å². The quantitative estimate of drug-likeness (QED) is 0.413. The third kappa shape index (κ3) is 4.41. The summed E-state index contributed by atoms with van der Waals surface area (Å²) < 4.78 is 1.52. The Kier molecular flexibility index (Phi) is 5.96. The van der Waals surface area contributed by atoms with E-state index in [9.17, 15) is 4.79 Å². The lowest BCUT2D eigenvalue weighted by Gasteiger charge is -2.22. The number of nitrogens with zero attached hydrogens (tertiary/aromatic N) is 4. The summed E-state index contributed by atoms with van der Waals surface area (Å²) in [7, 11) is 1.72. The molecule has 0 bridgehead atoms. The molecule has 2 N–H and O–H groups in total. The molecule has 0 saturated carbocycles. The minimum absolute atomic E-state index is 0.115. The maximum Gasteiger partial charge on any atom is 0.255 e. The van der Waals surface area contributed by atoms with Crippen molar-refractivity contribution in [2.75, 3.05) is 23.7 Å². The van der Waals surface area contributed by atoms with Crippen LogP contribution in [0, 0.1) is 0 Å². The van der Waals surface area contributed by atoms with Crippen LogP contribution in [0.2, 0.25) is 5.02 Å². The summed E-state index contributed by atoms with van der Waals surface area (Å²) in [6, 6.07) is 11.1. The molecule has 4 aromatic rings. The third-order valence-electron chi connectivity index (χ3n) is 6.04. The van der Waals surface area contributed by atoms with Crippen LogP contribution < -0.4 is 16.2 Å². The summed E-state index contributed by atoms with van der Waals surface area (Å²) >= 11 is 6.30. The Morgan fingerprint density at radius 1 is 1.00 bits per heavy atom. The topological polar surface area (TPSA) is 84.7 Å². The molecule has 1 aliphatic rings. The molecule has 3 heterocycles. The first-order chi connectivity index (χ1) is 16.1. The van der Waals surface area contributed by atoms with Gasteiger partial charge in [-0.1, -0.05) is 11.6 Å². The molecule has 1 aliphatic carbocycles. The molecule has 5 rings (SSSR count). The molecule has 0 aliphatic heterocycles. The van der Waals surface area contributed by atoms with Crippen molar-refractivity contribution in [2.24, 2.45) is 7.05 Å². The van der Waals surface area contributed by atoms with Gasteiger partial charge in [-0.05, 0) is 61.6 Å². The van der Waals surface area contributed by atoms with E-state index in [0.717, 1.165) is 35.0 Å². The van der Waals surface area contributed by atoms with E-state index in [2.05, 4.69) is 20.6 Å². The largest absolute Gasteiger partial charge is 0.382 e. The number of aryl methyl sites for hydroxylation is 1. The van der Waals surface area contributed by atoms with Crippen molar-refractivity contribution < 1.29 is 0 Å². The van der Waals surface area contributed by atoms with E-state index in [1.807, 2.05) is 30.3 Å². The van der Waals surface area contributed by atoms with E-state index < -0.39 is 0 Å². The first kappa shape index (κ1) is 21.4. The third-order valence-corrected chi connectivity index (χ3v) is 6.28. The average molecular weight is 461 g/mol. The van der Waals surface area contributed by atoms with Gasteiger partial charge in [-0.25, -0.2) is 4.98 Å². The Bertz CT molecular complexity index is 1370. The SMILES string of the molecule is Cn1c(NCCNc2c3c(nc4ccc(Cl)cc24)CCCC3)nc(-c2ccncc2)cc1=O. The summed E-state index contributed by atoms with van der Waals surface area (Å²) in [5.41, 5.74) is 5.92. The van der Waals surface area contributed by atoms with E-state index in [4.69, 9.17) is 16.6 Å². The molecule has 0 unspecified atom stereocenters. The Labute approximate surface area is 196 Å². The van der Waals surface area contributed by atoms with Gasteiger partial charge in [0.15, 0.2) is 0 Å². The second kappa shape index (κ2) is 9.19. The second-order valence-electron chi connectivity index (χ2n) is 8.23. The molecule has 1 aromatic carbocycles. The number of hydrogen-bond acceptors (Lipinski definition) is 6. The molecule has 7 nitrogen and oxygen atoms in total. The minimum Gasteiger partial charge on any atom is -0.382 e. The molecule has 0 amide bonds. The van der Waals surface area contributed by atoms with Gasteiger partial charge in [0.05, 0.1) is 11.2 Å². The van der Waals surface area contributed by atoms with Crippen LogP contribution in [0.5, 0.6) is 0 Å². The second-order valence-corrected chi connectivity index (χ2v) is 8.67. The molecule has 0 atom stereocenters. The normalized spacial score (nSPS) is 13.0. The van der Waals surface area contributed by atoms with Gasteiger partial charge in [0.25, 0.3) is 5.56 Å². The predicted octanol–water partition coefficient (Wildman–Crippen LogP) is 4.45. The van der Waals surface area contributed by atoms with Crippen molar-refractivity contribution in [1.82, 2.24) is 19.5 Å². The van der Waals surface area contributed by atoms with Crippen LogP contribution in [0.3, 0.4) is 0 Å². The molecule has 3 aromatic heterocycles. The van der Waals surface area contributed by atoms with Crippen molar-refractivity contribution >= 4 is 34.1 Å². The standard InChI is InChI=1S/C25H25ClN6O/c1-32-23(33)15-22(16-8-10-27-11-9-16)31-25(32)29-13-12-28-24-18-4-2-3-5-20(18)30-21-7-6-17(26)14-19(21)24/h6-11,14-15H,2-5,12-13H2,1H3,(H,28,30)(H,29,31). The van der Waals surface area contributed by atoms with Crippen LogP contribution >= 0.6 is 11.6 Å². The number of anilines is 2. The summed E-state index contributed by atoms with van der Waals surface area (Å²) in [5.74, 6) is 0.528. The number of fused-ring (bicyclic) bond motifs is 2. The van der Waals surface area contributed by atoms with Gasteiger partial charge in [-0.15, -0.1) is 0 Å². The molecular weight excluding hydrogens is 436 g/mol. The smallest absolute Gasteiger partial charge is 0.255 e. The van der Waals surface area contributed by atoms with Crippen LogP contribution in [0.15, 0.2) is 53.6 Å². The first-order valence-corrected chi connectivity index (χ1v) is 11.5. The van der Waals surface area contributed by atoms with Gasteiger partial charge < -0.3 is 10.6 Å². The molecule has 168 valence electrons. The van der Waals surface area contributed by atoms with Crippen LogP contribution in [-0.2, 0) is 19.9 Å². The van der Waals surface area contributed by atoms with Crippen molar-refractivity contribution in [1.29, 1.82) is 0 Å². The zero-order chi connectivity index (χ0) is 22.8. The molecule has 8 heteroatoms. The van der Waals surface area contributed by atoms with Gasteiger partial charge in [-0.2, -0.15) is 0 Å². The predicted molar refractivity (Wildman–Crippen MR) is 133 cm³/mol. The van der Waals surface area contributed by atoms with E-state index >= 15 is 0 Å². The Morgan fingerprint density at radius 2 is 1.79 bits per heavy atom. The lowest BCUT2D eigenvalue weighted by molar-refractivity contribution is 0.672. The first-order valence-electron chi connectivity index (χ1n) is 11.2. The molecule has 0 spiro atoms. The monoisotopic (exact) mass is 460 g/mol. The van der Waals surface area contributed by atoms with Gasteiger partial charge in [0, 0.05) is 66.0 Å². The molecule has 33 heavy (non-hydrogen) atoms. The highest BCUT2D eigenvalue weighted by Crippen LogP contribution is 2.34. The fourth-order valence-electron chi connectivity index (χ4n) is 4.33. The molecular formula is C25H25ClN6O. The van der Waals surface area contributed by atoms with Gasteiger partial charge in [0.2, 0.25) is 5.95 Å². The van der Waals surface area contributed by atoms with Crippen molar-refractivity contribution in [3.8, 4) is 11.3 Å². The number of benzene rings is 1. The molecule has 0 fully saturated rings. The summed E-state index contributed by atoms with van der Waals surface area (Å²) in [4.78, 5) is 26.0. The lowest BCUT2D eigenvalue weighted by Crippen LogP contribution is -2.24. The zero-order valence-corrected chi connectivity index (χ0v) is 19.2. The number of rotatable bonds is 6. The summed E-state index contributed by atoms with van der Waals surface area (Å²) in [5, 5.41) is 8.67. The van der Waals surface area contributed by atoms with Gasteiger partial charge in [0.1, 0.15) is 0 Å². The summed E-state index contributed by atoms with van der Waals surface area (Å²) in [6.45, 7) is 1.26. The Morgan fingerprint density at radius 3 is 2.64 bits per heavy atom. The molecule has 0 saturated heterocycles. The van der Waals surface area contributed by atoms with Crippen LogP contribution in [0.1, 0.15) is 24.1 Å². The highest BCUT2D eigenvalue weighted by atomic mass is 35.5. The number of halogens is 1. The summed E-state index contributed by atoms with van der Waals surface area (Å²) in [6.07, 6.45) is 7.75. The number of aromatic nitrogens is 4. The van der Waals surface area contributed by atoms with E-state index in [0.29, 0.717) is 29.8 Å². The lowest BCUT2D eigenvalue weighted by atomic mass is 9.92. The number of hydrogen-bond donors (Lipinski definition) is 2. The fourth-order valence-corrected chi connectivity index (χ4v) is 4.50. The maximum atomic E-state index is 12.5. The fraction of sp³-hybridized carbons (Fsp3) is 0.280. The number of pyridine rings is 2. The Hall–Kier alpha value is -3.45. The van der Waals surface area contributed by atoms with Gasteiger partial charge >= 0.3 is 0 Å². The Balaban J connectivity index is 1.36. The van der Waals surface area contributed by atoms with E-state index in [1.165, 1.54) is 34.7 Å². The van der Waals surface area contributed by atoms with E-state index in [1.54, 1.807) is 19.4 Å². The van der Waals surface area contributed by atoms with Crippen molar-refractivity contribution in [3.05, 3.63) is 75.4 Å².